The van der Waals surface area contributed by atoms with Gasteiger partial charge in [0.15, 0.2) is 18.7 Å². The van der Waals surface area contributed by atoms with Crippen LogP contribution in [0, 0.1) is 17.3 Å². The Kier molecular flexibility index (Phi) is 24.6. The standard InChI is InChI=1S/C58H83NO18/c1-11-12-16-27-46-57(6,7)54(65)55(75-48(63)30-39-24-17-15-18-25-39)58(67,77-46)40(34-71-49-33-45(69-9)53(38(5)73-49)76-50-32-44(68-8)51(64)37(4)72-50)56(66)59-29-22-21-23-35(2)52(70-10)36(3)43-31-41(60)42(74-43)26-19-13-14-20-28-47(61)62/h11-28,36-38,40-46,49-55,60,64-65,67H,29-34H2,1-10H3,(H,59,66)(H,61,62)/b12-11+,14-13+,22-21+,26-19+,27-16+,28-20+,35-23+. The molecule has 428 valence electrons. The van der Waals surface area contributed by atoms with Gasteiger partial charge in [-0.2, -0.15) is 0 Å². The number of ether oxygens (including phenoxy) is 10. The van der Waals surface area contributed by atoms with Gasteiger partial charge in [0.2, 0.25) is 11.7 Å². The number of hydrogen-bond acceptors (Lipinski definition) is 17. The van der Waals surface area contributed by atoms with Crippen molar-refractivity contribution in [2.24, 2.45) is 17.3 Å². The fourth-order valence-corrected chi connectivity index (χ4v) is 10.1. The van der Waals surface area contributed by atoms with Crippen LogP contribution in [0.1, 0.15) is 73.3 Å². The number of carbonyl (C=O) groups is 3. The molecule has 18 atom stereocenters. The van der Waals surface area contributed by atoms with Crippen LogP contribution in [0.3, 0.4) is 0 Å². The summed E-state index contributed by atoms with van der Waals surface area (Å²) in [5, 5.41) is 58.2. The average Bonchev–Trinajstić information content (AvgIpc) is 3.78. The number of nitrogens with one attached hydrogen (secondary N) is 1. The van der Waals surface area contributed by atoms with E-state index in [1.54, 1.807) is 126 Å². The molecule has 4 aliphatic rings. The first-order chi connectivity index (χ1) is 36.7. The molecule has 0 radical (unpaired) electrons. The van der Waals surface area contributed by atoms with Crippen LogP contribution in [0.25, 0.3) is 0 Å². The number of methoxy groups -OCH3 is 3. The molecule has 19 heteroatoms. The van der Waals surface area contributed by atoms with Crippen LogP contribution in [-0.4, -0.2) is 176 Å². The minimum atomic E-state index is -2.69. The number of carboxylic acid groups (broad SMARTS) is 1. The minimum Gasteiger partial charge on any atom is -0.478 e. The fraction of sp³-hybridized carbons (Fsp3) is 0.603. The molecule has 77 heavy (non-hydrogen) atoms. The zero-order chi connectivity index (χ0) is 56.5. The monoisotopic (exact) mass is 1080 g/mol. The maximum Gasteiger partial charge on any atom is 0.328 e. The van der Waals surface area contributed by atoms with Crippen molar-refractivity contribution in [3.05, 3.63) is 120 Å². The Morgan fingerprint density at radius 3 is 2.21 bits per heavy atom. The van der Waals surface area contributed by atoms with E-state index in [4.69, 9.17) is 52.5 Å². The van der Waals surface area contributed by atoms with Crippen molar-refractivity contribution in [3.8, 4) is 0 Å². The van der Waals surface area contributed by atoms with Gasteiger partial charge in [-0.05, 0) is 38.8 Å². The largest absolute Gasteiger partial charge is 0.478 e. The molecule has 1 amide bonds. The molecule has 1 aromatic rings. The van der Waals surface area contributed by atoms with Crippen LogP contribution < -0.4 is 5.32 Å². The van der Waals surface area contributed by atoms with Gasteiger partial charge in [0.1, 0.15) is 30.3 Å². The molecule has 0 bridgehead atoms. The van der Waals surface area contributed by atoms with E-state index in [1.165, 1.54) is 20.3 Å². The van der Waals surface area contributed by atoms with Gasteiger partial charge in [-0.15, -0.1) is 0 Å². The number of aliphatic hydroxyl groups is 4. The minimum absolute atomic E-state index is 0.0451. The maximum atomic E-state index is 14.8. The molecule has 0 saturated carbocycles. The average molecular weight is 1080 g/mol. The van der Waals surface area contributed by atoms with Gasteiger partial charge < -0.3 is 78.2 Å². The van der Waals surface area contributed by atoms with Gasteiger partial charge in [-0.25, -0.2) is 4.79 Å². The smallest absolute Gasteiger partial charge is 0.328 e. The fourth-order valence-electron chi connectivity index (χ4n) is 10.1. The lowest BCUT2D eigenvalue weighted by molar-refractivity contribution is -0.368. The number of amides is 1. The molecular weight excluding hydrogens is 999 g/mol. The molecule has 4 aliphatic heterocycles. The highest BCUT2D eigenvalue weighted by atomic mass is 16.7. The van der Waals surface area contributed by atoms with E-state index >= 15 is 0 Å². The Balaban J connectivity index is 1.37. The summed E-state index contributed by atoms with van der Waals surface area (Å²) in [4.78, 5) is 39.2. The highest BCUT2D eigenvalue weighted by Crippen LogP contribution is 2.46. The highest BCUT2D eigenvalue weighted by molar-refractivity contribution is 5.81. The Morgan fingerprint density at radius 2 is 1.53 bits per heavy atom. The number of aliphatic hydroxyl groups excluding tert-OH is 3. The molecule has 0 aliphatic carbocycles. The molecule has 18 unspecified atom stereocenters. The first-order valence-electron chi connectivity index (χ1n) is 26.3. The van der Waals surface area contributed by atoms with E-state index in [0.29, 0.717) is 12.0 Å². The summed E-state index contributed by atoms with van der Waals surface area (Å²) in [7, 11) is 4.62. The van der Waals surface area contributed by atoms with Crippen LogP contribution >= 0.6 is 0 Å². The van der Waals surface area contributed by atoms with Crippen molar-refractivity contribution >= 4 is 17.8 Å². The van der Waals surface area contributed by atoms with Crippen molar-refractivity contribution in [1.29, 1.82) is 0 Å². The third kappa shape index (κ3) is 17.1. The van der Waals surface area contributed by atoms with Crippen molar-refractivity contribution in [3.63, 3.8) is 0 Å². The van der Waals surface area contributed by atoms with E-state index in [9.17, 15) is 34.8 Å². The molecule has 4 heterocycles. The SMILES string of the molecule is C/C=C/C=C/C1OC(O)(C(COC2CC(OC)C(OC3CC(OC)C(O)C(C)O3)C(C)O2)C(=O)NC/C=C/C=C(\C)C(OC)C(C)C2CC(O)C(/C=C/C=C/C=C/C(=O)O)O2)C(OC(=O)Cc2ccccc2)C(O)C1(C)C. The van der Waals surface area contributed by atoms with Crippen LogP contribution in [0.2, 0.25) is 0 Å². The van der Waals surface area contributed by atoms with Gasteiger partial charge >= 0.3 is 11.9 Å². The maximum absolute atomic E-state index is 14.8. The number of rotatable bonds is 25. The number of hydrogen-bond donors (Lipinski definition) is 6. The van der Waals surface area contributed by atoms with Crippen molar-refractivity contribution < 1.29 is 87.3 Å². The van der Waals surface area contributed by atoms with Gasteiger partial charge in [0, 0.05) is 64.5 Å². The zero-order valence-electron chi connectivity index (χ0n) is 46.0. The summed E-state index contributed by atoms with van der Waals surface area (Å²) >= 11 is 0. The van der Waals surface area contributed by atoms with Crippen LogP contribution in [0.4, 0.5) is 0 Å². The van der Waals surface area contributed by atoms with Gasteiger partial charge in [0.05, 0.1) is 61.9 Å². The van der Waals surface area contributed by atoms with Gasteiger partial charge in [-0.3, -0.25) is 9.59 Å². The predicted molar refractivity (Wildman–Crippen MR) is 284 cm³/mol. The number of benzene rings is 1. The van der Waals surface area contributed by atoms with E-state index < -0.39 is 127 Å². The molecule has 0 aromatic heterocycles. The number of allylic oxidation sites excluding steroid dienone is 9. The van der Waals surface area contributed by atoms with Crippen molar-refractivity contribution in [2.75, 3.05) is 34.5 Å². The Morgan fingerprint density at radius 1 is 0.857 bits per heavy atom. The third-order valence-electron chi connectivity index (χ3n) is 14.7. The van der Waals surface area contributed by atoms with Crippen molar-refractivity contribution in [2.45, 2.75) is 172 Å². The molecule has 5 rings (SSSR count). The predicted octanol–water partition coefficient (Wildman–Crippen LogP) is 4.97. The van der Waals surface area contributed by atoms with Gasteiger partial charge in [0.25, 0.3) is 0 Å². The Labute approximate surface area is 453 Å². The summed E-state index contributed by atoms with van der Waals surface area (Å²) in [6.45, 7) is 12.0. The number of carbonyl (C=O) groups excluding carboxylic acids is 2. The van der Waals surface area contributed by atoms with Crippen LogP contribution in [0.5, 0.6) is 0 Å². The lowest BCUT2D eigenvalue weighted by Crippen LogP contribution is -2.71. The van der Waals surface area contributed by atoms with Crippen LogP contribution in [0.15, 0.2) is 115 Å². The van der Waals surface area contributed by atoms with Crippen molar-refractivity contribution in [1.82, 2.24) is 5.32 Å². The topological polar surface area (TPSA) is 257 Å². The summed E-state index contributed by atoms with van der Waals surface area (Å²) in [6, 6.07) is 8.83. The third-order valence-corrected chi connectivity index (χ3v) is 14.7. The zero-order valence-corrected chi connectivity index (χ0v) is 46.0. The summed E-state index contributed by atoms with van der Waals surface area (Å²) in [5.41, 5.74) is 0.294. The molecule has 19 nitrogen and oxygen atoms in total. The first kappa shape index (κ1) is 63.1. The molecular formula is C58H83NO18. The molecule has 6 N–H and O–H groups in total. The number of esters is 1. The lowest BCUT2D eigenvalue weighted by atomic mass is 9.71. The Hall–Kier alpha value is -4.71. The van der Waals surface area contributed by atoms with E-state index in [-0.39, 0.29) is 37.8 Å². The second-order valence-electron chi connectivity index (χ2n) is 20.6. The summed E-state index contributed by atoms with van der Waals surface area (Å²) in [5.74, 6) is -7.12. The number of aliphatic carboxylic acids is 1. The quantitative estimate of drug-likeness (QED) is 0.0429. The molecule has 4 fully saturated rings. The molecule has 1 aromatic carbocycles. The second kappa shape index (κ2) is 30.0. The summed E-state index contributed by atoms with van der Waals surface area (Å²) < 4.78 is 61.1. The van der Waals surface area contributed by atoms with E-state index in [2.05, 4.69) is 5.32 Å². The van der Waals surface area contributed by atoms with E-state index in [0.717, 1.165) is 11.6 Å². The first-order valence-corrected chi connectivity index (χ1v) is 26.3. The highest BCUT2D eigenvalue weighted by Gasteiger charge is 2.63. The Bertz CT molecular complexity index is 2240. The summed E-state index contributed by atoms with van der Waals surface area (Å²) in [6.07, 6.45) is 9.73. The van der Waals surface area contributed by atoms with Crippen LogP contribution in [-0.2, 0) is 68.2 Å². The van der Waals surface area contributed by atoms with Gasteiger partial charge in [-0.1, -0.05) is 124 Å². The molecule has 0 spiro atoms. The number of carboxylic acids is 1. The van der Waals surface area contributed by atoms with E-state index in [1.807, 2.05) is 26.8 Å². The second-order valence-corrected chi connectivity index (χ2v) is 20.6. The molecule has 4 saturated heterocycles. The normalized spacial score (nSPS) is 34.4. The lowest BCUT2D eigenvalue weighted by Gasteiger charge is -2.54.